The molecule has 0 bridgehead atoms. The van der Waals surface area contributed by atoms with E-state index in [-0.39, 0.29) is 17.5 Å². The molecule has 0 saturated carbocycles. The highest BCUT2D eigenvalue weighted by atomic mass is 32.2. The van der Waals surface area contributed by atoms with Crippen molar-refractivity contribution in [3.8, 4) is 0 Å². The first-order chi connectivity index (χ1) is 10.5. The van der Waals surface area contributed by atoms with E-state index in [1.54, 1.807) is 24.3 Å². The lowest BCUT2D eigenvalue weighted by Gasteiger charge is -2.14. The van der Waals surface area contributed by atoms with E-state index in [1.165, 1.54) is 0 Å². The van der Waals surface area contributed by atoms with Crippen LogP contribution in [0.4, 0.5) is 0 Å². The minimum Gasteiger partial charge on any atom is -0.372 e. The predicted molar refractivity (Wildman–Crippen MR) is 87.1 cm³/mol. The first-order valence-electron chi connectivity index (χ1n) is 7.19. The second-order valence-electron chi connectivity index (χ2n) is 5.27. The molecule has 0 spiro atoms. The van der Waals surface area contributed by atoms with Gasteiger partial charge in [0.25, 0.3) is 0 Å². The quantitative estimate of drug-likeness (QED) is 0.854. The minimum atomic E-state index is -3.49. The number of rotatable bonds is 7. The Bertz CT molecular complexity index is 682. The van der Waals surface area contributed by atoms with Gasteiger partial charge in [0.15, 0.2) is 0 Å². The second kappa shape index (κ2) is 7.54. The molecule has 0 saturated heterocycles. The second-order valence-corrected chi connectivity index (χ2v) is 7.04. The molecular formula is C17H21NO3S. The fourth-order valence-electron chi connectivity index (χ4n) is 1.90. The number of hydrogen-bond donors (Lipinski definition) is 1. The molecule has 22 heavy (non-hydrogen) atoms. The van der Waals surface area contributed by atoms with E-state index in [4.69, 9.17) is 4.74 Å². The van der Waals surface area contributed by atoms with Gasteiger partial charge in [0, 0.05) is 6.54 Å². The highest BCUT2D eigenvalue weighted by Gasteiger charge is 2.15. The van der Waals surface area contributed by atoms with Crippen molar-refractivity contribution in [3.05, 3.63) is 65.7 Å². The third-order valence-electron chi connectivity index (χ3n) is 3.27. The number of ether oxygens (including phenoxy) is 1. The Balaban J connectivity index is 1.85. The van der Waals surface area contributed by atoms with Crippen LogP contribution in [0.1, 0.15) is 18.1 Å². The van der Waals surface area contributed by atoms with Gasteiger partial charge in [0.2, 0.25) is 10.0 Å². The van der Waals surface area contributed by atoms with Gasteiger partial charge in [0.05, 0.1) is 17.6 Å². The van der Waals surface area contributed by atoms with E-state index in [0.717, 1.165) is 11.1 Å². The molecule has 0 amide bonds. The maximum atomic E-state index is 12.2. The van der Waals surface area contributed by atoms with Crippen molar-refractivity contribution in [2.75, 3.05) is 6.54 Å². The van der Waals surface area contributed by atoms with Gasteiger partial charge in [0.1, 0.15) is 0 Å². The van der Waals surface area contributed by atoms with Crippen molar-refractivity contribution in [2.24, 2.45) is 0 Å². The van der Waals surface area contributed by atoms with Crippen molar-refractivity contribution < 1.29 is 13.2 Å². The summed E-state index contributed by atoms with van der Waals surface area (Å²) in [5.41, 5.74) is 2.09. The van der Waals surface area contributed by atoms with Crippen LogP contribution in [0, 0.1) is 6.92 Å². The largest absolute Gasteiger partial charge is 0.372 e. The summed E-state index contributed by atoms with van der Waals surface area (Å²) in [7, 11) is -3.49. The molecule has 0 aliphatic carbocycles. The standard InChI is InChI=1S/C17H21NO3S/c1-14-8-10-17(11-9-14)22(19,20)18-12-15(2)21-13-16-6-4-3-5-7-16/h3-11,15,18H,12-13H2,1-2H3. The van der Waals surface area contributed by atoms with Gasteiger partial charge in [-0.1, -0.05) is 48.0 Å². The number of hydrogen-bond acceptors (Lipinski definition) is 3. The Morgan fingerprint density at radius 3 is 2.32 bits per heavy atom. The van der Waals surface area contributed by atoms with Crippen LogP contribution in [0.3, 0.4) is 0 Å². The van der Waals surface area contributed by atoms with Crippen LogP contribution in [0.25, 0.3) is 0 Å². The topological polar surface area (TPSA) is 55.4 Å². The fraction of sp³-hybridized carbons (Fsp3) is 0.294. The minimum absolute atomic E-state index is 0.208. The fourth-order valence-corrected chi connectivity index (χ4v) is 3.01. The third kappa shape index (κ3) is 4.94. The molecule has 0 aromatic heterocycles. The first-order valence-corrected chi connectivity index (χ1v) is 8.67. The van der Waals surface area contributed by atoms with Gasteiger partial charge in [-0.15, -0.1) is 0 Å². The van der Waals surface area contributed by atoms with E-state index < -0.39 is 10.0 Å². The number of sulfonamides is 1. The van der Waals surface area contributed by atoms with Crippen molar-refractivity contribution in [1.29, 1.82) is 0 Å². The zero-order valence-electron chi connectivity index (χ0n) is 12.8. The van der Waals surface area contributed by atoms with Gasteiger partial charge in [-0.25, -0.2) is 13.1 Å². The van der Waals surface area contributed by atoms with Crippen LogP contribution >= 0.6 is 0 Å². The SMILES string of the molecule is Cc1ccc(S(=O)(=O)NCC(C)OCc2ccccc2)cc1. The number of aryl methyl sites for hydroxylation is 1. The molecule has 0 aliphatic heterocycles. The zero-order valence-corrected chi connectivity index (χ0v) is 13.6. The molecule has 5 heteroatoms. The highest BCUT2D eigenvalue weighted by molar-refractivity contribution is 7.89. The van der Waals surface area contributed by atoms with Gasteiger partial charge in [-0.3, -0.25) is 0 Å². The molecule has 2 rings (SSSR count). The van der Waals surface area contributed by atoms with Crippen molar-refractivity contribution >= 4 is 10.0 Å². The molecule has 4 nitrogen and oxygen atoms in total. The van der Waals surface area contributed by atoms with Crippen LogP contribution in [0.2, 0.25) is 0 Å². The molecule has 1 N–H and O–H groups in total. The van der Waals surface area contributed by atoms with Crippen molar-refractivity contribution in [3.63, 3.8) is 0 Å². The first kappa shape index (κ1) is 16.7. The summed E-state index contributed by atoms with van der Waals surface area (Å²) < 4.78 is 32.5. The van der Waals surface area contributed by atoms with Crippen LogP contribution in [0.5, 0.6) is 0 Å². The highest BCUT2D eigenvalue weighted by Crippen LogP contribution is 2.10. The molecule has 0 heterocycles. The third-order valence-corrected chi connectivity index (χ3v) is 4.71. The van der Waals surface area contributed by atoms with Crippen molar-refractivity contribution in [2.45, 2.75) is 31.5 Å². The summed E-state index contributed by atoms with van der Waals surface area (Å²) in [6, 6.07) is 16.6. The summed E-state index contributed by atoms with van der Waals surface area (Å²) in [4.78, 5) is 0.272. The number of benzene rings is 2. The van der Waals surface area contributed by atoms with Gasteiger partial charge in [-0.05, 0) is 31.5 Å². The van der Waals surface area contributed by atoms with Gasteiger partial charge in [-0.2, -0.15) is 0 Å². The molecule has 0 fully saturated rings. The summed E-state index contributed by atoms with van der Waals surface area (Å²) in [5.74, 6) is 0. The lowest BCUT2D eigenvalue weighted by molar-refractivity contribution is 0.0566. The van der Waals surface area contributed by atoms with Crippen LogP contribution in [0.15, 0.2) is 59.5 Å². The van der Waals surface area contributed by atoms with Crippen LogP contribution in [-0.4, -0.2) is 21.1 Å². The summed E-state index contributed by atoms with van der Waals surface area (Å²) in [6.45, 7) is 4.47. The molecule has 1 unspecified atom stereocenters. The Morgan fingerprint density at radius 1 is 1.05 bits per heavy atom. The average Bonchev–Trinajstić information content (AvgIpc) is 2.52. The monoisotopic (exact) mass is 319 g/mol. The van der Waals surface area contributed by atoms with Crippen LogP contribution < -0.4 is 4.72 Å². The van der Waals surface area contributed by atoms with E-state index >= 15 is 0 Å². The summed E-state index contributed by atoms with van der Waals surface area (Å²) in [5, 5.41) is 0. The maximum absolute atomic E-state index is 12.2. The van der Waals surface area contributed by atoms with Crippen LogP contribution in [-0.2, 0) is 21.4 Å². The molecule has 0 aliphatic rings. The molecular weight excluding hydrogens is 298 g/mol. The molecule has 2 aromatic rings. The Labute approximate surface area is 132 Å². The van der Waals surface area contributed by atoms with E-state index in [2.05, 4.69) is 4.72 Å². The molecule has 0 radical (unpaired) electrons. The normalized spacial score (nSPS) is 13.0. The molecule has 118 valence electrons. The predicted octanol–water partition coefficient (Wildman–Crippen LogP) is 2.88. The van der Waals surface area contributed by atoms with E-state index in [9.17, 15) is 8.42 Å². The summed E-state index contributed by atoms with van der Waals surface area (Å²) >= 11 is 0. The lowest BCUT2D eigenvalue weighted by atomic mass is 10.2. The zero-order chi connectivity index (χ0) is 16.0. The Morgan fingerprint density at radius 2 is 1.68 bits per heavy atom. The van der Waals surface area contributed by atoms with Crippen molar-refractivity contribution in [1.82, 2.24) is 4.72 Å². The Kier molecular flexibility index (Phi) is 5.71. The van der Waals surface area contributed by atoms with E-state index in [1.807, 2.05) is 44.2 Å². The molecule has 2 aromatic carbocycles. The maximum Gasteiger partial charge on any atom is 0.240 e. The van der Waals surface area contributed by atoms with Gasteiger partial charge >= 0.3 is 0 Å². The molecule has 1 atom stereocenters. The number of nitrogens with one attached hydrogen (secondary N) is 1. The Hall–Kier alpha value is -1.69. The lowest BCUT2D eigenvalue weighted by Crippen LogP contribution is -2.32. The summed E-state index contributed by atoms with van der Waals surface area (Å²) in [6.07, 6.45) is -0.208. The van der Waals surface area contributed by atoms with Gasteiger partial charge < -0.3 is 4.74 Å². The smallest absolute Gasteiger partial charge is 0.240 e. The average molecular weight is 319 g/mol. The van der Waals surface area contributed by atoms with E-state index in [0.29, 0.717) is 6.61 Å².